The number of carbonyl (C=O) groups excluding carboxylic acids is 2. The molecule has 1 amide bonds. The molecule has 9 nitrogen and oxygen atoms in total. The van der Waals surface area contributed by atoms with Crippen molar-refractivity contribution in [2.45, 2.75) is 33.4 Å². The molecule has 0 fully saturated rings. The standard InChI is InChI=1S/C22H27N5O4S2/c1-6-31-22(30)16-12-7-8-27(5)9-13(12)32-21(16)25-19(29)17-11(2)15-18(28)23-14(10-26(3)4)24-20(15)33-17/h6-10H2,1-5H3,(H,25,29)(H,23,24,28). The van der Waals surface area contributed by atoms with Crippen LogP contribution in [-0.4, -0.2) is 65.9 Å². The summed E-state index contributed by atoms with van der Waals surface area (Å²) in [5.41, 5.74) is 1.72. The van der Waals surface area contributed by atoms with E-state index in [-0.39, 0.29) is 18.1 Å². The lowest BCUT2D eigenvalue weighted by atomic mass is 10.0. The summed E-state index contributed by atoms with van der Waals surface area (Å²) in [4.78, 5) is 52.1. The number of H-pyrrole nitrogens is 1. The van der Waals surface area contributed by atoms with Gasteiger partial charge in [-0.2, -0.15) is 0 Å². The predicted molar refractivity (Wildman–Crippen MR) is 131 cm³/mol. The van der Waals surface area contributed by atoms with Gasteiger partial charge in [-0.3, -0.25) is 9.59 Å². The maximum absolute atomic E-state index is 13.3. The van der Waals surface area contributed by atoms with Crippen LogP contribution in [-0.2, 0) is 24.2 Å². The molecule has 0 spiro atoms. The van der Waals surface area contributed by atoms with E-state index in [1.54, 1.807) is 13.8 Å². The maximum atomic E-state index is 13.3. The van der Waals surface area contributed by atoms with Crippen molar-refractivity contribution in [3.05, 3.63) is 42.6 Å². The van der Waals surface area contributed by atoms with Crippen LogP contribution in [0.15, 0.2) is 4.79 Å². The van der Waals surface area contributed by atoms with Crippen LogP contribution in [0.3, 0.4) is 0 Å². The number of esters is 1. The average molecular weight is 490 g/mol. The van der Waals surface area contributed by atoms with E-state index >= 15 is 0 Å². The Labute approximate surface area is 199 Å². The van der Waals surface area contributed by atoms with Crippen molar-refractivity contribution in [3.63, 3.8) is 0 Å². The lowest BCUT2D eigenvalue weighted by Gasteiger charge is -2.22. The number of aromatic nitrogens is 2. The topological polar surface area (TPSA) is 108 Å². The molecule has 4 rings (SSSR count). The average Bonchev–Trinajstić information content (AvgIpc) is 3.24. The van der Waals surface area contributed by atoms with E-state index in [1.165, 1.54) is 22.7 Å². The third-order valence-electron chi connectivity index (χ3n) is 5.48. The van der Waals surface area contributed by atoms with E-state index in [4.69, 9.17) is 4.74 Å². The van der Waals surface area contributed by atoms with Crippen molar-refractivity contribution in [2.24, 2.45) is 0 Å². The second kappa shape index (κ2) is 9.34. The second-order valence-electron chi connectivity index (χ2n) is 8.36. The number of amides is 1. The van der Waals surface area contributed by atoms with Crippen LogP contribution in [0.5, 0.6) is 0 Å². The smallest absolute Gasteiger partial charge is 0.341 e. The number of aromatic amines is 1. The number of nitrogens with one attached hydrogen (secondary N) is 2. The third kappa shape index (κ3) is 4.58. The van der Waals surface area contributed by atoms with E-state index < -0.39 is 5.97 Å². The van der Waals surface area contributed by atoms with Crippen LogP contribution in [0, 0.1) is 6.92 Å². The largest absolute Gasteiger partial charge is 0.462 e. The van der Waals surface area contributed by atoms with Gasteiger partial charge < -0.3 is 24.8 Å². The van der Waals surface area contributed by atoms with Crippen molar-refractivity contribution >= 4 is 49.8 Å². The van der Waals surface area contributed by atoms with E-state index in [9.17, 15) is 14.4 Å². The van der Waals surface area contributed by atoms with Gasteiger partial charge in [-0.25, -0.2) is 9.78 Å². The lowest BCUT2D eigenvalue weighted by molar-refractivity contribution is 0.0526. The zero-order valence-corrected chi connectivity index (χ0v) is 21.0. The molecule has 11 heteroatoms. The summed E-state index contributed by atoms with van der Waals surface area (Å²) < 4.78 is 5.29. The normalized spacial score (nSPS) is 14.0. The van der Waals surface area contributed by atoms with Gasteiger partial charge in [0.15, 0.2) is 0 Å². The minimum atomic E-state index is -0.422. The molecule has 1 aliphatic rings. The molecule has 33 heavy (non-hydrogen) atoms. The number of hydrogen-bond acceptors (Lipinski definition) is 9. The van der Waals surface area contributed by atoms with Crippen LogP contribution in [0.2, 0.25) is 0 Å². The van der Waals surface area contributed by atoms with E-state index in [0.717, 1.165) is 30.0 Å². The molecule has 0 aromatic carbocycles. The van der Waals surface area contributed by atoms with Crippen molar-refractivity contribution in [1.82, 2.24) is 19.8 Å². The van der Waals surface area contributed by atoms with E-state index in [1.807, 2.05) is 26.0 Å². The van der Waals surface area contributed by atoms with Crippen LogP contribution < -0.4 is 10.9 Å². The van der Waals surface area contributed by atoms with Crippen molar-refractivity contribution < 1.29 is 14.3 Å². The fraction of sp³-hybridized carbons (Fsp3) is 0.455. The quantitative estimate of drug-likeness (QED) is 0.513. The minimum absolute atomic E-state index is 0.258. The molecule has 1 aliphatic heterocycles. The number of fused-ring (bicyclic) bond motifs is 2. The van der Waals surface area contributed by atoms with Crippen LogP contribution >= 0.6 is 22.7 Å². The monoisotopic (exact) mass is 489 g/mol. The molecule has 0 saturated carbocycles. The minimum Gasteiger partial charge on any atom is -0.462 e. The number of anilines is 1. The van der Waals surface area contributed by atoms with E-state index in [2.05, 4.69) is 20.2 Å². The Balaban J connectivity index is 1.71. The van der Waals surface area contributed by atoms with Gasteiger partial charge in [0.25, 0.3) is 11.5 Å². The van der Waals surface area contributed by atoms with Crippen molar-refractivity contribution in [1.29, 1.82) is 0 Å². The molecule has 0 aliphatic carbocycles. The molecule has 4 heterocycles. The molecular formula is C22H27N5O4S2. The van der Waals surface area contributed by atoms with Crippen molar-refractivity contribution in [3.8, 4) is 0 Å². The molecule has 176 valence electrons. The number of hydrogen-bond donors (Lipinski definition) is 2. The Kier molecular flexibility index (Phi) is 6.66. The zero-order valence-electron chi connectivity index (χ0n) is 19.3. The Hall–Kier alpha value is -2.60. The molecule has 3 aromatic heterocycles. The number of likely N-dealkylation sites (N-methyl/N-ethyl adjacent to an activating group) is 1. The van der Waals surface area contributed by atoms with Crippen LogP contribution in [0.25, 0.3) is 10.2 Å². The fourth-order valence-electron chi connectivity index (χ4n) is 3.98. The van der Waals surface area contributed by atoms with Crippen LogP contribution in [0.1, 0.15) is 48.8 Å². The summed E-state index contributed by atoms with van der Waals surface area (Å²) in [6.45, 7) is 5.81. The number of aryl methyl sites for hydroxylation is 1. The molecule has 3 aromatic rings. The van der Waals surface area contributed by atoms with E-state index in [0.29, 0.717) is 43.6 Å². The summed E-state index contributed by atoms with van der Waals surface area (Å²) in [6, 6.07) is 0. The highest BCUT2D eigenvalue weighted by molar-refractivity contribution is 7.21. The highest BCUT2D eigenvalue weighted by Crippen LogP contribution is 2.38. The molecule has 2 N–H and O–H groups in total. The van der Waals surface area contributed by atoms with Gasteiger partial charge in [0.05, 0.1) is 29.0 Å². The maximum Gasteiger partial charge on any atom is 0.341 e. The Morgan fingerprint density at radius 3 is 2.76 bits per heavy atom. The van der Waals surface area contributed by atoms with Gasteiger partial charge in [-0.05, 0) is 52.5 Å². The SMILES string of the molecule is CCOC(=O)c1c(NC(=O)c2sc3nc(CN(C)C)[nH]c(=O)c3c2C)sc2c1CCN(C)C2. The van der Waals surface area contributed by atoms with Crippen molar-refractivity contribution in [2.75, 3.05) is 39.6 Å². The highest BCUT2D eigenvalue weighted by Gasteiger charge is 2.29. The highest BCUT2D eigenvalue weighted by atomic mass is 32.1. The first-order chi connectivity index (χ1) is 15.7. The van der Waals surface area contributed by atoms with Gasteiger partial charge in [0.2, 0.25) is 0 Å². The molecule has 0 unspecified atom stereocenters. The predicted octanol–water partition coefficient (Wildman–Crippen LogP) is 2.83. The van der Waals surface area contributed by atoms with Crippen LogP contribution in [0.4, 0.5) is 5.00 Å². The summed E-state index contributed by atoms with van der Waals surface area (Å²) in [6.07, 6.45) is 0.724. The molecule has 0 bridgehead atoms. The number of ether oxygens (including phenoxy) is 1. The van der Waals surface area contributed by atoms with Gasteiger partial charge in [0, 0.05) is 18.0 Å². The summed E-state index contributed by atoms with van der Waals surface area (Å²) in [5, 5.41) is 3.84. The number of rotatable bonds is 6. The van der Waals surface area contributed by atoms with Gasteiger partial charge in [-0.15, -0.1) is 22.7 Å². The van der Waals surface area contributed by atoms with Gasteiger partial charge in [-0.1, -0.05) is 0 Å². The summed E-state index contributed by atoms with van der Waals surface area (Å²) in [7, 11) is 5.81. The number of carbonyl (C=O) groups is 2. The molecule has 0 atom stereocenters. The Morgan fingerprint density at radius 2 is 2.06 bits per heavy atom. The molecule has 0 saturated heterocycles. The lowest BCUT2D eigenvalue weighted by Crippen LogP contribution is -2.26. The number of nitrogens with zero attached hydrogens (tertiary/aromatic N) is 3. The van der Waals surface area contributed by atoms with Gasteiger partial charge in [0.1, 0.15) is 15.7 Å². The third-order valence-corrected chi connectivity index (χ3v) is 7.79. The summed E-state index contributed by atoms with van der Waals surface area (Å²) >= 11 is 2.59. The number of thiophene rings is 2. The first-order valence-electron chi connectivity index (χ1n) is 10.7. The Morgan fingerprint density at radius 1 is 1.30 bits per heavy atom. The Bertz CT molecular complexity index is 1290. The first-order valence-corrected chi connectivity index (χ1v) is 12.3. The van der Waals surface area contributed by atoms with Gasteiger partial charge >= 0.3 is 5.97 Å². The molecule has 0 radical (unpaired) electrons. The summed E-state index contributed by atoms with van der Waals surface area (Å²) in [5.74, 6) is -0.235. The first kappa shape index (κ1) is 23.6. The zero-order chi connectivity index (χ0) is 23.9. The second-order valence-corrected chi connectivity index (χ2v) is 10.5. The fourth-order valence-corrected chi connectivity index (χ4v) is 6.38. The molecular weight excluding hydrogens is 462 g/mol.